The van der Waals surface area contributed by atoms with Crippen LogP contribution in [0.1, 0.15) is 38.7 Å². The van der Waals surface area contributed by atoms with Gasteiger partial charge in [0, 0.05) is 12.5 Å². The molecule has 6 heteroatoms. The number of aromatic hydroxyl groups is 2. The fourth-order valence-electron chi connectivity index (χ4n) is 3.22. The van der Waals surface area contributed by atoms with Crippen molar-refractivity contribution in [2.75, 3.05) is 0 Å². The van der Waals surface area contributed by atoms with Crippen molar-refractivity contribution in [1.29, 1.82) is 0 Å². The quantitative estimate of drug-likeness (QED) is 0.580. The van der Waals surface area contributed by atoms with Gasteiger partial charge in [0.15, 0.2) is 11.5 Å². The number of ether oxygens (including phenoxy) is 1. The predicted octanol–water partition coefficient (Wildman–Crippen LogP) is 5.55. The topological polar surface area (TPSA) is 69.9 Å². The molecule has 2 rings (SSSR count). The minimum Gasteiger partial charge on any atom is -0.508 e. The molecule has 1 aliphatic rings. The average molecular weight is 380 g/mol. The smallest absolute Gasteiger partial charge is 0.245 e. The normalized spacial score (nSPS) is 16.9. The number of phenols is 2. The van der Waals surface area contributed by atoms with Gasteiger partial charge in [-0.2, -0.15) is 0 Å². The Labute approximate surface area is 158 Å². The molecule has 0 amide bonds. The molecule has 27 heavy (non-hydrogen) atoms. The summed E-state index contributed by atoms with van der Waals surface area (Å²) in [6.45, 7) is 4.30. The van der Waals surface area contributed by atoms with E-state index in [-0.39, 0.29) is 35.3 Å². The summed E-state index contributed by atoms with van der Waals surface area (Å²) in [6.07, 6.45) is 6.61. The number of alkyl halides is 2. The van der Waals surface area contributed by atoms with Crippen LogP contribution in [0.5, 0.6) is 17.2 Å². The first-order chi connectivity index (χ1) is 12.5. The summed E-state index contributed by atoms with van der Waals surface area (Å²) >= 11 is 0. The Kier molecular flexibility index (Phi) is 6.52. The number of phenolic OH excluding ortho intramolecular Hbond substituents is 2. The van der Waals surface area contributed by atoms with E-state index in [1.165, 1.54) is 18.2 Å². The lowest BCUT2D eigenvalue weighted by atomic mass is 9.93. The van der Waals surface area contributed by atoms with E-state index in [9.17, 15) is 24.1 Å². The van der Waals surface area contributed by atoms with Crippen LogP contribution in [0.3, 0.4) is 0 Å². The maximum absolute atomic E-state index is 13.4. The Morgan fingerprint density at radius 2 is 1.85 bits per heavy atom. The Hall–Kier alpha value is -2.50. The number of hydrogen-bond acceptors (Lipinski definition) is 4. The lowest BCUT2D eigenvalue weighted by Gasteiger charge is -2.26. The molecule has 0 spiro atoms. The van der Waals surface area contributed by atoms with E-state index < -0.39 is 12.0 Å². The summed E-state index contributed by atoms with van der Waals surface area (Å²) in [5.74, 6) is -3.11. The number of aliphatic hydroxyl groups excluding tert-OH is 1. The highest BCUT2D eigenvalue weighted by atomic mass is 19.3. The number of halogens is 2. The number of aryl methyl sites for hydroxylation is 1. The van der Waals surface area contributed by atoms with Crippen LogP contribution in [0.4, 0.5) is 8.78 Å². The summed E-state index contributed by atoms with van der Waals surface area (Å²) in [5.41, 5.74) is 1.26. The van der Waals surface area contributed by atoms with Crippen molar-refractivity contribution in [1.82, 2.24) is 0 Å². The van der Waals surface area contributed by atoms with Crippen LogP contribution in [-0.4, -0.2) is 27.3 Å². The molecule has 1 aromatic carbocycles. The molecule has 0 aromatic heterocycles. The Bertz CT molecular complexity index is 737. The van der Waals surface area contributed by atoms with Crippen molar-refractivity contribution in [2.45, 2.75) is 52.1 Å². The first kappa shape index (κ1) is 20.8. The van der Waals surface area contributed by atoms with Crippen molar-refractivity contribution in [3.63, 3.8) is 0 Å². The number of hydrogen-bond donors (Lipinski definition) is 3. The molecule has 1 aliphatic carbocycles. The first-order valence-corrected chi connectivity index (χ1v) is 8.89. The third-order valence-electron chi connectivity index (χ3n) is 4.32. The number of benzene rings is 1. The van der Waals surface area contributed by atoms with Crippen molar-refractivity contribution in [2.24, 2.45) is 5.92 Å². The van der Waals surface area contributed by atoms with Gasteiger partial charge in [-0.05, 0) is 62.0 Å². The molecule has 0 aliphatic heterocycles. The average Bonchev–Trinajstić information content (AvgIpc) is 2.72. The second-order valence-corrected chi connectivity index (χ2v) is 7.23. The SMILES string of the molecule is Cc1cc(O)cc(O)c1OC(CC(C)CC(C)(F)F)C1=CCC=C(O)C=C1. The van der Waals surface area contributed by atoms with Crippen molar-refractivity contribution < 1.29 is 28.8 Å². The van der Waals surface area contributed by atoms with Crippen LogP contribution in [0, 0.1) is 12.8 Å². The number of allylic oxidation sites excluding steroid dienone is 3. The molecule has 148 valence electrons. The molecule has 0 fully saturated rings. The number of rotatable bonds is 7. The molecule has 2 unspecified atom stereocenters. The van der Waals surface area contributed by atoms with Crippen LogP contribution in [-0.2, 0) is 0 Å². The first-order valence-electron chi connectivity index (χ1n) is 8.89. The largest absolute Gasteiger partial charge is 0.508 e. The highest BCUT2D eigenvalue weighted by Crippen LogP contribution is 2.37. The fraction of sp³-hybridized carbons (Fsp3) is 0.429. The van der Waals surface area contributed by atoms with Gasteiger partial charge in [0.25, 0.3) is 0 Å². The lowest BCUT2D eigenvalue weighted by Crippen LogP contribution is -2.25. The zero-order valence-electron chi connectivity index (χ0n) is 15.7. The second-order valence-electron chi connectivity index (χ2n) is 7.23. The molecule has 0 bridgehead atoms. The Morgan fingerprint density at radius 3 is 2.48 bits per heavy atom. The summed E-state index contributed by atoms with van der Waals surface area (Å²) < 4.78 is 32.8. The highest BCUT2D eigenvalue weighted by Gasteiger charge is 2.28. The Morgan fingerprint density at radius 1 is 1.15 bits per heavy atom. The third kappa shape index (κ3) is 6.31. The third-order valence-corrected chi connectivity index (χ3v) is 4.32. The summed E-state index contributed by atoms with van der Waals surface area (Å²) in [4.78, 5) is 0. The second kappa shape index (κ2) is 8.46. The van der Waals surface area contributed by atoms with Gasteiger partial charge in [-0.3, -0.25) is 0 Å². The van der Waals surface area contributed by atoms with E-state index in [4.69, 9.17) is 4.74 Å². The van der Waals surface area contributed by atoms with Crippen LogP contribution in [0.15, 0.2) is 47.8 Å². The van der Waals surface area contributed by atoms with Gasteiger partial charge in [-0.1, -0.05) is 19.1 Å². The molecule has 0 heterocycles. The minimum absolute atomic E-state index is 0.0874. The van der Waals surface area contributed by atoms with Crippen LogP contribution >= 0.6 is 0 Å². The molecule has 2 atom stereocenters. The van der Waals surface area contributed by atoms with Gasteiger partial charge in [-0.25, -0.2) is 8.78 Å². The fourth-order valence-corrected chi connectivity index (χ4v) is 3.22. The molecule has 3 N–H and O–H groups in total. The Balaban J connectivity index is 2.30. The van der Waals surface area contributed by atoms with Crippen LogP contribution in [0.2, 0.25) is 0 Å². The maximum atomic E-state index is 13.4. The number of aliphatic hydroxyl groups is 1. The van der Waals surface area contributed by atoms with Gasteiger partial charge < -0.3 is 20.1 Å². The van der Waals surface area contributed by atoms with E-state index in [0.29, 0.717) is 18.4 Å². The van der Waals surface area contributed by atoms with E-state index in [0.717, 1.165) is 12.5 Å². The van der Waals surface area contributed by atoms with Gasteiger partial charge in [0.1, 0.15) is 17.6 Å². The molecule has 0 saturated carbocycles. The van der Waals surface area contributed by atoms with Gasteiger partial charge in [0.2, 0.25) is 5.92 Å². The molecule has 0 radical (unpaired) electrons. The molecular weight excluding hydrogens is 354 g/mol. The summed E-state index contributed by atoms with van der Waals surface area (Å²) in [5, 5.41) is 29.4. The lowest BCUT2D eigenvalue weighted by molar-refractivity contribution is -0.00563. The van der Waals surface area contributed by atoms with Gasteiger partial charge in [0.05, 0.1) is 0 Å². The molecule has 1 aromatic rings. The van der Waals surface area contributed by atoms with Crippen molar-refractivity contribution in [3.05, 3.63) is 53.3 Å². The van der Waals surface area contributed by atoms with E-state index in [2.05, 4.69) is 0 Å². The van der Waals surface area contributed by atoms with Gasteiger partial charge >= 0.3 is 0 Å². The zero-order valence-corrected chi connectivity index (χ0v) is 15.7. The van der Waals surface area contributed by atoms with Crippen LogP contribution in [0.25, 0.3) is 0 Å². The summed E-state index contributed by atoms with van der Waals surface area (Å²) in [6, 6.07) is 2.63. The van der Waals surface area contributed by atoms with Crippen molar-refractivity contribution >= 4 is 0 Å². The van der Waals surface area contributed by atoms with E-state index in [1.807, 2.05) is 6.08 Å². The minimum atomic E-state index is -2.78. The summed E-state index contributed by atoms with van der Waals surface area (Å²) in [7, 11) is 0. The van der Waals surface area contributed by atoms with Crippen molar-refractivity contribution in [3.8, 4) is 17.2 Å². The molecule has 0 saturated heterocycles. The maximum Gasteiger partial charge on any atom is 0.245 e. The van der Waals surface area contributed by atoms with E-state index in [1.54, 1.807) is 26.0 Å². The monoisotopic (exact) mass is 380 g/mol. The van der Waals surface area contributed by atoms with Crippen LogP contribution < -0.4 is 4.74 Å². The highest BCUT2D eigenvalue weighted by molar-refractivity contribution is 5.50. The molecule has 4 nitrogen and oxygen atoms in total. The predicted molar refractivity (Wildman–Crippen MR) is 100 cm³/mol. The van der Waals surface area contributed by atoms with Gasteiger partial charge in [-0.15, -0.1) is 0 Å². The van der Waals surface area contributed by atoms with E-state index >= 15 is 0 Å². The zero-order chi connectivity index (χ0) is 20.2. The standard InChI is InChI=1S/C21H26F2O4/c1-13(12-21(3,22)23)9-19(15-5-4-6-16(24)8-7-15)27-20-14(2)10-17(25)11-18(20)26/h5-8,10-11,13,19,24-26H,4,9,12H2,1-3H3. The molecular formula is C21H26F2O4.